The van der Waals surface area contributed by atoms with Crippen LogP contribution in [0.1, 0.15) is 18.6 Å². The van der Waals surface area contributed by atoms with Crippen molar-refractivity contribution in [2.75, 3.05) is 39.8 Å². The van der Waals surface area contributed by atoms with Crippen LogP contribution in [0.2, 0.25) is 0 Å². The van der Waals surface area contributed by atoms with Crippen LogP contribution in [0, 0.1) is 5.82 Å². The summed E-state index contributed by atoms with van der Waals surface area (Å²) in [5, 5.41) is 9.38. The Bertz CT molecular complexity index is 500. The Morgan fingerprint density at radius 1 is 1.38 bits per heavy atom. The second-order valence-corrected chi connectivity index (χ2v) is 5.34. The number of rotatable bonds is 4. The minimum Gasteiger partial charge on any atom is -0.481 e. The second-order valence-electron chi connectivity index (χ2n) is 5.34. The number of carbonyl (C=O) groups is 1. The maximum absolute atomic E-state index is 13.8. The van der Waals surface area contributed by atoms with E-state index < -0.39 is 11.9 Å². The summed E-state index contributed by atoms with van der Waals surface area (Å²) in [5.41, 5.74) is 0.477. The number of nitrogens with zero attached hydrogens (tertiary/aromatic N) is 2. The van der Waals surface area contributed by atoms with E-state index in [9.17, 15) is 14.3 Å². The zero-order valence-electron chi connectivity index (χ0n) is 12.4. The fourth-order valence-electron chi connectivity index (χ4n) is 2.18. The Morgan fingerprint density at radius 3 is 2.62 bits per heavy atom. The van der Waals surface area contributed by atoms with Crippen molar-refractivity contribution in [1.29, 1.82) is 0 Å². The van der Waals surface area contributed by atoms with Crippen molar-refractivity contribution >= 4 is 5.91 Å². The second kappa shape index (κ2) is 6.87. The SMILES string of the molecule is C[C@H](O)c1ccc(OCC(=O)N2CCN(C)CC2)c(F)c1. The summed E-state index contributed by atoms with van der Waals surface area (Å²) in [6, 6.07) is 4.25. The van der Waals surface area contributed by atoms with Crippen LogP contribution in [0.3, 0.4) is 0 Å². The monoisotopic (exact) mass is 296 g/mol. The Kier molecular flexibility index (Phi) is 5.14. The predicted octanol–water partition coefficient (Wildman–Crippen LogP) is 1.03. The minimum atomic E-state index is -0.736. The molecule has 6 heteroatoms. The summed E-state index contributed by atoms with van der Waals surface area (Å²) in [4.78, 5) is 15.9. The number of piperazine rings is 1. The zero-order valence-corrected chi connectivity index (χ0v) is 12.4. The van der Waals surface area contributed by atoms with Gasteiger partial charge in [0.2, 0.25) is 0 Å². The van der Waals surface area contributed by atoms with E-state index in [1.807, 2.05) is 7.05 Å². The van der Waals surface area contributed by atoms with Gasteiger partial charge in [0.05, 0.1) is 6.10 Å². The van der Waals surface area contributed by atoms with Crippen LogP contribution in [-0.2, 0) is 4.79 Å². The van der Waals surface area contributed by atoms with E-state index in [-0.39, 0.29) is 18.3 Å². The van der Waals surface area contributed by atoms with Gasteiger partial charge in [-0.2, -0.15) is 0 Å². The average Bonchev–Trinajstić information content (AvgIpc) is 2.46. The highest BCUT2D eigenvalue weighted by molar-refractivity contribution is 5.77. The van der Waals surface area contributed by atoms with Crippen LogP contribution in [0.15, 0.2) is 18.2 Å². The molecule has 0 saturated carbocycles. The van der Waals surface area contributed by atoms with E-state index in [0.29, 0.717) is 18.7 Å². The standard InChI is InChI=1S/C15H21FN2O3/c1-11(19)12-3-4-14(13(16)9-12)21-10-15(20)18-7-5-17(2)6-8-18/h3-4,9,11,19H,5-8,10H2,1-2H3/t11-/m0/s1. The Hall–Kier alpha value is -1.66. The largest absolute Gasteiger partial charge is 0.481 e. The number of ether oxygens (including phenoxy) is 1. The number of benzene rings is 1. The molecule has 1 amide bonds. The van der Waals surface area contributed by atoms with Crippen LogP contribution in [-0.4, -0.2) is 60.6 Å². The molecule has 1 N–H and O–H groups in total. The quantitative estimate of drug-likeness (QED) is 0.902. The number of aliphatic hydroxyl groups is 1. The van der Waals surface area contributed by atoms with Crippen LogP contribution in [0.5, 0.6) is 5.75 Å². The normalized spacial score (nSPS) is 17.6. The third-order valence-electron chi connectivity index (χ3n) is 3.65. The molecule has 1 aliphatic heterocycles. The van der Waals surface area contributed by atoms with Gasteiger partial charge in [0.25, 0.3) is 5.91 Å². The van der Waals surface area contributed by atoms with Gasteiger partial charge in [-0.15, -0.1) is 0 Å². The van der Waals surface area contributed by atoms with Crippen LogP contribution in [0.4, 0.5) is 4.39 Å². The van der Waals surface area contributed by atoms with Gasteiger partial charge in [0.15, 0.2) is 18.2 Å². The molecule has 1 heterocycles. The molecule has 0 spiro atoms. The van der Waals surface area contributed by atoms with E-state index >= 15 is 0 Å². The molecule has 0 aromatic heterocycles. The molecule has 1 aliphatic rings. The predicted molar refractivity (Wildman–Crippen MR) is 76.6 cm³/mol. The molecule has 1 fully saturated rings. The first-order valence-corrected chi connectivity index (χ1v) is 7.04. The fraction of sp³-hybridized carbons (Fsp3) is 0.533. The van der Waals surface area contributed by atoms with Crippen molar-refractivity contribution in [3.8, 4) is 5.75 Å². The van der Waals surface area contributed by atoms with E-state index in [4.69, 9.17) is 4.74 Å². The molecule has 5 nitrogen and oxygen atoms in total. The van der Waals surface area contributed by atoms with E-state index in [1.165, 1.54) is 12.1 Å². The third-order valence-corrected chi connectivity index (χ3v) is 3.65. The summed E-state index contributed by atoms with van der Waals surface area (Å²) in [6.45, 7) is 4.40. The van der Waals surface area contributed by atoms with Gasteiger partial charge in [-0.3, -0.25) is 4.79 Å². The first kappa shape index (κ1) is 15.7. The number of amides is 1. The molecular weight excluding hydrogens is 275 g/mol. The summed E-state index contributed by atoms with van der Waals surface area (Å²) in [5.74, 6) is -0.677. The lowest BCUT2D eigenvalue weighted by atomic mass is 10.1. The maximum atomic E-state index is 13.8. The van der Waals surface area contributed by atoms with E-state index in [0.717, 1.165) is 13.1 Å². The van der Waals surface area contributed by atoms with Crippen molar-refractivity contribution in [3.63, 3.8) is 0 Å². The van der Waals surface area contributed by atoms with Gasteiger partial charge in [-0.1, -0.05) is 6.07 Å². The molecule has 2 rings (SSSR count). The summed E-state index contributed by atoms with van der Waals surface area (Å²) >= 11 is 0. The Morgan fingerprint density at radius 2 is 2.05 bits per heavy atom. The van der Waals surface area contributed by atoms with Crippen LogP contribution < -0.4 is 4.74 Å². The summed E-state index contributed by atoms with van der Waals surface area (Å²) in [7, 11) is 2.01. The molecule has 21 heavy (non-hydrogen) atoms. The lowest BCUT2D eigenvalue weighted by Crippen LogP contribution is -2.48. The molecule has 0 aliphatic carbocycles. The highest BCUT2D eigenvalue weighted by Crippen LogP contribution is 2.22. The number of likely N-dealkylation sites (N-methyl/N-ethyl adjacent to an activating group) is 1. The van der Waals surface area contributed by atoms with Crippen molar-refractivity contribution < 1.29 is 19.0 Å². The molecule has 0 unspecified atom stereocenters. The minimum absolute atomic E-state index is 0.0295. The number of hydrogen-bond donors (Lipinski definition) is 1. The zero-order chi connectivity index (χ0) is 15.4. The van der Waals surface area contributed by atoms with Gasteiger partial charge >= 0.3 is 0 Å². The Balaban J connectivity index is 1.89. The van der Waals surface area contributed by atoms with Crippen molar-refractivity contribution in [2.45, 2.75) is 13.0 Å². The van der Waals surface area contributed by atoms with Crippen LogP contribution in [0.25, 0.3) is 0 Å². The molecule has 1 aromatic rings. The van der Waals surface area contributed by atoms with Gasteiger partial charge < -0.3 is 19.6 Å². The lowest BCUT2D eigenvalue weighted by Gasteiger charge is -2.32. The van der Waals surface area contributed by atoms with Gasteiger partial charge in [-0.25, -0.2) is 4.39 Å². The third kappa shape index (κ3) is 4.15. The van der Waals surface area contributed by atoms with Crippen molar-refractivity contribution in [3.05, 3.63) is 29.6 Å². The molecular formula is C15H21FN2O3. The molecule has 1 aromatic carbocycles. The lowest BCUT2D eigenvalue weighted by molar-refractivity contribution is -0.134. The smallest absolute Gasteiger partial charge is 0.260 e. The van der Waals surface area contributed by atoms with Crippen molar-refractivity contribution in [2.24, 2.45) is 0 Å². The number of halogens is 1. The highest BCUT2D eigenvalue weighted by atomic mass is 19.1. The van der Waals surface area contributed by atoms with Gasteiger partial charge in [-0.05, 0) is 31.7 Å². The molecule has 116 valence electrons. The van der Waals surface area contributed by atoms with E-state index in [2.05, 4.69) is 4.90 Å². The average molecular weight is 296 g/mol. The molecule has 0 radical (unpaired) electrons. The first-order chi connectivity index (χ1) is 9.97. The number of hydrogen-bond acceptors (Lipinski definition) is 4. The van der Waals surface area contributed by atoms with E-state index in [1.54, 1.807) is 17.9 Å². The summed E-state index contributed by atoms with van der Waals surface area (Å²) in [6.07, 6.45) is -0.736. The first-order valence-electron chi connectivity index (χ1n) is 7.04. The number of aliphatic hydroxyl groups excluding tert-OH is 1. The van der Waals surface area contributed by atoms with Gasteiger partial charge in [0.1, 0.15) is 0 Å². The molecule has 1 atom stereocenters. The summed E-state index contributed by atoms with van der Waals surface area (Å²) < 4.78 is 19.0. The molecule has 1 saturated heterocycles. The maximum Gasteiger partial charge on any atom is 0.260 e. The van der Waals surface area contributed by atoms with Crippen LogP contribution >= 0.6 is 0 Å². The topological polar surface area (TPSA) is 53.0 Å². The Labute approximate surface area is 123 Å². The van der Waals surface area contributed by atoms with Crippen molar-refractivity contribution in [1.82, 2.24) is 9.80 Å². The molecule has 0 bridgehead atoms. The number of carbonyl (C=O) groups excluding carboxylic acids is 1. The fourth-order valence-corrected chi connectivity index (χ4v) is 2.18. The van der Waals surface area contributed by atoms with Gasteiger partial charge in [0, 0.05) is 26.2 Å². The highest BCUT2D eigenvalue weighted by Gasteiger charge is 2.19.